The molecule has 2 N–H and O–H groups in total. The minimum absolute atomic E-state index is 0.448. The quantitative estimate of drug-likeness (QED) is 0.766. The van der Waals surface area contributed by atoms with Crippen LogP contribution < -0.4 is 5.73 Å². The van der Waals surface area contributed by atoms with E-state index in [-0.39, 0.29) is 0 Å². The molecule has 2 atom stereocenters. The Morgan fingerprint density at radius 3 is 2.71 bits per heavy atom. The highest BCUT2D eigenvalue weighted by Crippen LogP contribution is 2.27. The van der Waals surface area contributed by atoms with E-state index in [1.54, 1.807) is 0 Å². The van der Waals surface area contributed by atoms with E-state index in [0.717, 1.165) is 25.6 Å². The van der Waals surface area contributed by atoms with Crippen LogP contribution in [0.15, 0.2) is 30.3 Å². The topological polar surface area (TPSA) is 35.2 Å². The van der Waals surface area contributed by atoms with Crippen LogP contribution in [0.1, 0.15) is 37.7 Å². The van der Waals surface area contributed by atoms with Crippen LogP contribution in [0.5, 0.6) is 0 Å². The Morgan fingerprint density at radius 2 is 2.00 bits per heavy atom. The van der Waals surface area contributed by atoms with E-state index in [1.165, 1.54) is 31.2 Å². The Morgan fingerprint density at radius 1 is 1.18 bits per heavy atom. The maximum atomic E-state index is 6.04. The maximum absolute atomic E-state index is 6.04. The van der Waals surface area contributed by atoms with Crippen molar-refractivity contribution in [3.05, 3.63) is 35.9 Å². The molecule has 94 valence electrons. The molecule has 1 aliphatic rings. The molecule has 0 bridgehead atoms. The Bertz CT molecular complexity index is 312. The normalized spacial score (nSPS) is 24.1. The standard InChI is InChI=1S/C15H23NO/c16-15-10-4-8-14(15)9-5-11-17-12-13-6-2-1-3-7-13/h1-3,6-7,14-15H,4-5,8-12,16H2. The molecule has 0 amide bonds. The van der Waals surface area contributed by atoms with Gasteiger partial charge in [0, 0.05) is 12.6 Å². The second-order valence-electron chi connectivity index (χ2n) is 5.04. The minimum Gasteiger partial charge on any atom is -0.377 e. The van der Waals surface area contributed by atoms with E-state index in [9.17, 15) is 0 Å². The average molecular weight is 233 g/mol. The number of ether oxygens (including phenoxy) is 1. The van der Waals surface area contributed by atoms with Gasteiger partial charge in [-0.3, -0.25) is 0 Å². The highest BCUT2D eigenvalue weighted by Gasteiger charge is 2.22. The van der Waals surface area contributed by atoms with Crippen LogP contribution in [-0.2, 0) is 11.3 Å². The van der Waals surface area contributed by atoms with E-state index < -0.39 is 0 Å². The lowest BCUT2D eigenvalue weighted by molar-refractivity contribution is 0.113. The van der Waals surface area contributed by atoms with Gasteiger partial charge in [-0.15, -0.1) is 0 Å². The largest absolute Gasteiger partial charge is 0.377 e. The van der Waals surface area contributed by atoms with Crippen LogP contribution in [0, 0.1) is 5.92 Å². The molecular formula is C15H23NO. The predicted octanol–water partition coefficient (Wildman–Crippen LogP) is 3.11. The van der Waals surface area contributed by atoms with E-state index in [2.05, 4.69) is 24.3 Å². The van der Waals surface area contributed by atoms with E-state index >= 15 is 0 Å². The number of nitrogens with two attached hydrogens (primary N) is 1. The Balaban J connectivity index is 1.55. The molecule has 1 fully saturated rings. The van der Waals surface area contributed by atoms with Crippen LogP contribution in [0.25, 0.3) is 0 Å². The lowest BCUT2D eigenvalue weighted by Gasteiger charge is -2.14. The molecule has 0 spiro atoms. The summed E-state index contributed by atoms with van der Waals surface area (Å²) in [6.45, 7) is 1.59. The SMILES string of the molecule is NC1CCCC1CCCOCc1ccccc1. The summed E-state index contributed by atoms with van der Waals surface area (Å²) in [5.74, 6) is 0.746. The number of rotatable bonds is 6. The van der Waals surface area contributed by atoms with E-state index in [1.807, 2.05) is 6.07 Å². The molecule has 1 aromatic carbocycles. The number of hydrogen-bond acceptors (Lipinski definition) is 2. The summed E-state index contributed by atoms with van der Waals surface area (Å²) in [6, 6.07) is 10.8. The zero-order valence-corrected chi connectivity index (χ0v) is 10.5. The van der Waals surface area contributed by atoms with Gasteiger partial charge in [-0.2, -0.15) is 0 Å². The van der Waals surface area contributed by atoms with Gasteiger partial charge in [0.2, 0.25) is 0 Å². The summed E-state index contributed by atoms with van der Waals surface area (Å²) in [5, 5.41) is 0. The smallest absolute Gasteiger partial charge is 0.0716 e. The fraction of sp³-hybridized carbons (Fsp3) is 0.600. The van der Waals surface area contributed by atoms with Crippen molar-refractivity contribution in [2.75, 3.05) is 6.61 Å². The first-order valence-corrected chi connectivity index (χ1v) is 6.73. The Hall–Kier alpha value is -0.860. The first kappa shape index (κ1) is 12.6. The van der Waals surface area contributed by atoms with Crippen molar-refractivity contribution in [3.63, 3.8) is 0 Å². The summed E-state index contributed by atoms with van der Waals surface area (Å²) >= 11 is 0. The molecule has 0 saturated heterocycles. The van der Waals surface area contributed by atoms with Gasteiger partial charge >= 0.3 is 0 Å². The number of hydrogen-bond donors (Lipinski definition) is 1. The predicted molar refractivity (Wildman–Crippen MR) is 70.6 cm³/mol. The lowest BCUT2D eigenvalue weighted by atomic mass is 9.99. The maximum Gasteiger partial charge on any atom is 0.0716 e. The molecule has 1 aliphatic carbocycles. The number of benzene rings is 1. The molecule has 1 saturated carbocycles. The lowest BCUT2D eigenvalue weighted by Crippen LogP contribution is -2.24. The van der Waals surface area contributed by atoms with Crippen LogP contribution in [0.2, 0.25) is 0 Å². The molecular weight excluding hydrogens is 210 g/mol. The summed E-state index contributed by atoms with van der Waals surface area (Å²) in [7, 11) is 0. The molecule has 2 rings (SSSR count). The molecule has 1 aromatic rings. The third-order valence-electron chi connectivity index (χ3n) is 3.69. The van der Waals surface area contributed by atoms with Crippen molar-refractivity contribution in [2.45, 2.75) is 44.8 Å². The van der Waals surface area contributed by atoms with Crippen molar-refractivity contribution in [2.24, 2.45) is 11.7 Å². The van der Waals surface area contributed by atoms with E-state index in [4.69, 9.17) is 10.5 Å². The van der Waals surface area contributed by atoms with Gasteiger partial charge in [0.15, 0.2) is 0 Å². The monoisotopic (exact) mass is 233 g/mol. The highest BCUT2D eigenvalue weighted by molar-refractivity contribution is 5.13. The molecule has 0 heterocycles. The van der Waals surface area contributed by atoms with Gasteiger partial charge in [-0.1, -0.05) is 36.8 Å². The molecule has 2 heteroatoms. The highest BCUT2D eigenvalue weighted by atomic mass is 16.5. The zero-order valence-electron chi connectivity index (χ0n) is 10.5. The van der Waals surface area contributed by atoms with Crippen LogP contribution in [-0.4, -0.2) is 12.6 Å². The Kier molecular flexibility index (Phi) is 5.02. The van der Waals surface area contributed by atoms with Crippen molar-refractivity contribution >= 4 is 0 Å². The van der Waals surface area contributed by atoms with Gasteiger partial charge in [-0.25, -0.2) is 0 Å². The summed E-state index contributed by atoms with van der Waals surface area (Å²) in [6.07, 6.45) is 6.23. The molecule has 0 aromatic heterocycles. The fourth-order valence-electron chi connectivity index (χ4n) is 2.64. The molecule has 2 unspecified atom stereocenters. The second kappa shape index (κ2) is 6.77. The third kappa shape index (κ3) is 4.14. The van der Waals surface area contributed by atoms with Crippen molar-refractivity contribution < 1.29 is 4.74 Å². The fourth-order valence-corrected chi connectivity index (χ4v) is 2.64. The first-order chi connectivity index (χ1) is 8.36. The molecule has 17 heavy (non-hydrogen) atoms. The molecule has 0 radical (unpaired) electrons. The van der Waals surface area contributed by atoms with Gasteiger partial charge in [0.05, 0.1) is 6.61 Å². The van der Waals surface area contributed by atoms with Crippen molar-refractivity contribution in [1.82, 2.24) is 0 Å². The first-order valence-electron chi connectivity index (χ1n) is 6.73. The van der Waals surface area contributed by atoms with Gasteiger partial charge < -0.3 is 10.5 Å². The molecule has 0 aliphatic heterocycles. The van der Waals surface area contributed by atoms with Crippen LogP contribution in [0.4, 0.5) is 0 Å². The molecule has 2 nitrogen and oxygen atoms in total. The van der Waals surface area contributed by atoms with Crippen LogP contribution >= 0.6 is 0 Å². The summed E-state index contributed by atoms with van der Waals surface area (Å²) in [5.41, 5.74) is 7.30. The Labute approximate surface area is 104 Å². The van der Waals surface area contributed by atoms with Gasteiger partial charge in [0.1, 0.15) is 0 Å². The zero-order chi connectivity index (χ0) is 11.9. The van der Waals surface area contributed by atoms with Crippen molar-refractivity contribution in [3.8, 4) is 0 Å². The van der Waals surface area contributed by atoms with Crippen molar-refractivity contribution in [1.29, 1.82) is 0 Å². The third-order valence-corrected chi connectivity index (χ3v) is 3.69. The van der Waals surface area contributed by atoms with Crippen LogP contribution in [0.3, 0.4) is 0 Å². The van der Waals surface area contributed by atoms with E-state index in [0.29, 0.717) is 6.04 Å². The summed E-state index contributed by atoms with van der Waals surface area (Å²) < 4.78 is 5.67. The summed E-state index contributed by atoms with van der Waals surface area (Å²) in [4.78, 5) is 0. The van der Waals surface area contributed by atoms with Gasteiger partial charge in [-0.05, 0) is 37.2 Å². The average Bonchev–Trinajstić information content (AvgIpc) is 2.76. The minimum atomic E-state index is 0.448. The van der Waals surface area contributed by atoms with Gasteiger partial charge in [0.25, 0.3) is 0 Å². The second-order valence-corrected chi connectivity index (χ2v) is 5.04.